The molecule has 0 radical (unpaired) electrons. The Morgan fingerprint density at radius 3 is 2.81 bits per heavy atom. The number of aliphatic hydroxyl groups is 2. The Kier molecular flexibility index (Phi) is 11.9. The van der Waals surface area contributed by atoms with E-state index in [2.05, 4.69) is 32.1 Å². The van der Waals surface area contributed by atoms with Crippen LogP contribution < -0.4 is 0 Å². The molecule has 6 heteroatoms. The molecule has 0 bridgehead atoms. The molecule has 3 rings (SSSR count). The van der Waals surface area contributed by atoms with Crippen molar-refractivity contribution in [1.29, 1.82) is 0 Å². The van der Waals surface area contributed by atoms with Gasteiger partial charge in [-0.05, 0) is 75.0 Å². The van der Waals surface area contributed by atoms with Gasteiger partial charge in [0.15, 0.2) is 6.29 Å². The van der Waals surface area contributed by atoms with E-state index < -0.39 is 12.2 Å². The third-order valence-corrected chi connectivity index (χ3v) is 8.72. The Bertz CT molecular complexity index is 714. The second-order valence-corrected chi connectivity index (χ2v) is 11.6. The molecule has 3 unspecified atom stereocenters. The highest BCUT2D eigenvalue weighted by Crippen LogP contribution is 2.46. The Hall–Kier alpha value is -1.21. The highest BCUT2D eigenvalue weighted by atomic mass is 16.7. The second-order valence-electron chi connectivity index (χ2n) is 11.6. The van der Waals surface area contributed by atoms with E-state index in [-0.39, 0.29) is 35.6 Å². The molecule has 2 N–H and O–H groups in total. The molecular weight excluding hydrogens is 456 g/mol. The fourth-order valence-corrected chi connectivity index (χ4v) is 6.47. The van der Waals surface area contributed by atoms with Gasteiger partial charge in [0.1, 0.15) is 0 Å². The molecule has 1 aliphatic heterocycles. The first-order valence-electron chi connectivity index (χ1n) is 14.4. The fraction of sp³-hybridized carbons (Fsp3) is 0.833. The van der Waals surface area contributed by atoms with Gasteiger partial charge in [0.2, 0.25) is 0 Å². The van der Waals surface area contributed by atoms with Crippen molar-refractivity contribution >= 4 is 5.97 Å². The number of allylic oxidation sites excluding steroid dienone is 2. The first-order chi connectivity index (χ1) is 17.4. The van der Waals surface area contributed by atoms with Gasteiger partial charge in [0.05, 0.1) is 25.4 Å². The van der Waals surface area contributed by atoms with Gasteiger partial charge in [0.25, 0.3) is 0 Å². The summed E-state index contributed by atoms with van der Waals surface area (Å²) in [6, 6.07) is 0. The van der Waals surface area contributed by atoms with Crippen molar-refractivity contribution in [2.45, 2.75) is 122 Å². The van der Waals surface area contributed by atoms with Crippen molar-refractivity contribution in [3.05, 3.63) is 24.3 Å². The van der Waals surface area contributed by atoms with Gasteiger partial charge in [-0.2, -0.15) is 0 Å². The molecule has 206 valence electrons. The lowest BCUT2D eigenvalue weighted by Crippen LogP contribution is -2.31. The largest absolute Gasteiger partial charge is 0.469 e. The number of rotatable bonds is 13. The summed E-state index contributed by atoms with van der Waals surface area (Å²) in [5, 5.41) is 22.2. The zero-order chi connectivity index (χ0) is 26.0. The summed E-state index contributed by atoms with van der Waals surface area (Å²) in [7, 11) is 1.41. The predicted molar refractivity (Wildman–Crippen MR) is 141 cm³/mol. The highest BCUT2D eigenvalue weighted by molar-refractivity contribution is 5.69. The fourth-order valence-electron chi connectivity index (χ4n) is 6.47. The Morgan fingerprint density at radius 2 is 2.08 bits per heavy atom. The average Bonchev–Trinajstić information content (AvgIpc) is 3.39. The summed E-state index contributed by atoms with van der Waals surface area (Å²) >= 11 is 0. The zero-order valence-corrected chi connectivity index (χ0v) is 22.8. The lowest BCUT2D eigenvalue weighted by Gasteiger charge is -2.31. The topological polar surface area (TPSA) is 85.2 Å². The molecule has 0 aromatic heterocycles. The van der Waals surface area contributed by atoms with Crippen LogP contribution in [0.15, 0.2) is 24.3 Å². The van der Waals surface area contributed by atoms with Crippen LogP contribution in [0.25, 0.3) is 0 Å². The molecule has 3 fully saturated rings. The first-order valence-corrected chi connectivity index (χ1v) is 14.4. The molecule has 8 atom stereocenters. The van der Waals surface area contributed by atoms with Gasteiger partial charge in [0, 0.05) is 25.4 Å². The molecule has 0 aromatic carbocycles. The summed E-state index contributed by atoms with van der Waals surface area (Å²) in [6.45, 7) is 5.19. The Labute approximate surface area is 218 Å². The minimum atomic E-state index is -0.488. The highest BCUT2D eigenvalue weighted by Gasteiger charge is 2.43. The average molecular weight is 507 g/mol. The van der Waals surface area contributed by atoms with Crippen LogP contribution in [0.5, 0.6) is 0 Å². The predicted octanol–water partition coefficient (Wildman–Crippen LogP) is 5.71. The van der Waals surface area contributed by atoms with Gasteiger partial charge in [-0.3, -0.25) is 4.79 Å². The Morgan fingerprint density at radius 1 is 1.25 bits per heavy atom. The smallest absolute Gasteiger partial charge is 0.305 e. The molecule has 1 saturated heterocycles. The number of carbonyl (C=O) groups excluding carboxylic acids is 1. The summed E-state index contributed by atoms with van der Waals surface area (Å²) in [5.41, 5.74) is -0.0779. The molecule has 2 saturated carbocycles. The number of hydrogen-bond donors (Lipinski definition) is 2. The number of aliphatic hydroxyl groups excluding tert-OH is 2. The normalized spacial score (nSPS) is 36.1. The maximum absolute atomic E-state index is 11.3. The summed E-state index contributed by atoms with van der Waals surface area (Å²) in [4.78, 5) is 11.3. The molecule has 0 spiro atoms. The van der Waals surface area contributed by atoms with E-state index in [9.17, 15) is 15.0 Å². The van der Waals surface area contributed by atoms with Crippen LogP contribution in [-0.4, -0.2) is 54.5 Å². The van der Waals surface area contributed by atoms with E-state index >= 15 is 0 Å². The lowest BCUT2D eigenvalue weighted by atomic mass is 9.80. The minimum absolute atomic E-state index is 0.0244. The van der Waals surface area contributed by atoms with Crippen LogP contribution in [0.2, 0.25) is 0 Å². The molecule has 2 aliphatic carbocycles. The molecule has 0 amide bonds. The number of esters is 1. The van der Waals surface area contributed by atoms with Crippen molar-refractivity contribution < 1.29 is 29.2 Å². The summed E-state index contributed by atoms with van der Waals surface area (Å²) in [5.74, 6) is 0.590. The molecule has 0 aromatic rings. The van der Waals surface area contributed by atoms with Gasteiger partial charge < -0.3 is 24.4 Å². The van der Waals surface area contributed by atoms with E-state index in [4.69, 9.17) is 14.2 Å². The molecular formula is C30H50O6. The summed E-state index contributed by atoms with van der Waals surface area (Å²) in [6.07, 6.45) is 19.2. The standard InChI is InChI=1S/C30H50O6/c1-4-11-22-17-18-30(2,21-22)27(32)16-15-24-23(12-7-5-6-8-13-28(33)34-3)25(31)20-26(24)36-29-14-9-10-19-35-29/h5,7,15-16,22-27,29,31-32H,4,6,8-14,17-21H2,1-3H3/b7-5-,16-15+/t22?,23-,24-,25+,26-,27-,29?,30?/m1/s1. The van der Waals surface area contributed by atoms with Crippen LogP contribution in [0.3, 0.4) is 0 Å². The number of hydrogen-bond acceptors (Lipinski definition) is 6. The number of carbonyl (C=O) groups is 1. The first kappa shape index (κ1) is 29.3. The monoisotopic (exact) mass is 506 g/mol. The maximum atomic E-state index is 11.3. The molecule has 3 aliphatic rings. The van der Waals surface area contributed by atoms with Gasteiger partial charge >= 0.3 is 5.97 Å². The van der Waals surface area contributed by atoms with Crippen LogP contribution in [0.4, 0.5) is 0 Å². The van der Waals surface area contributed by atoms with E-state index in [1.165, 1.54) is 26.4 Å². The van der Waals surface area contributed by atoms with Crippen molar-refractivity contribution in [1.82, 2.24) is 0 Å². The molecule has 1 heterocycles. The number of methoxy groups -OCH3 is 1. The van der Waals surface area contributed by atoms with Gasteiger partial charge in [-0.15, -0.1) is 0 Å². The third kappa shape index (κ3) is 8.41. The minimum Gasteiger partial charge on any atom is -0.469 e. The van der Waals surface area contributed by atoms with Crippen LogP contribution in [0.1, 0.15) is 97.3 Å². The van der Waals surface area contributed by atoms with E-state index in [0.717, 1.165) is 58.0 Å². The second kappa shape index (κ2) is 14.7. The van der Waals surface area contributed by atoms with Crippen molar-refractivity contribution in [2.75, 3.05) is 13.7 Å². The van der Waals surface area contributed by atoms with Crippen molar-refractivity contribution in [2.24, 2.45) is 23.2 Å². The summed E-state index contributed by atoms with van der Waals surface area (Å²) < 4.78 is 16.9. The maximum Gasteiger partial charge on any atom is 0.305 e. The lowest BCUT2D eigenvalue weighted by molar-refractivity contribution is -0.193. The zero-order valence-electron chi connectivity index (χ0n) is 22.8. The number of unbranched alkanes of at least 4 members (excludes halogenated alkanes) is 1. The van der Waals surface area contributed by atoms with Crippen LogP contribution in [0, 0.1) is 23.2 Å². The molecule has 6 nitrogen and oxygen atoms in total. The molecule has 36 heavy (non-hydrogen) atoms. The van der Waals surface area contributed by atoms with Crippen molar-refractivity contribution in [3.8, 4) is 0 Å². The van der Waals surface area contributed by atoms with Crippen LogP contribution >= 0.6 is 0 Å². The SMILES string of the molecule is CCCC1CCC(C)([C@H](O)/C=C/[C@@H]2[C@@H](C/C=C\CCCC(=O)OC)[C@@H](O)C[C@H]2OC2CCCCO2)C1. The van der Waals surface area contributed by atoms with Gasteiger partial charge in [-0.25, -0.2) is 0 Å². The van der Waals surface area contributed by atoms with E-state index in [1.807, 2.05) is 6.08 Å². The number of ether oxygens (including phenoxy) is 3. The third-order valence-electron chi connectivity index (χ3n) is 8.72. The van der Waals surface area contributed by atoms with E-state index in [0.29, 0.717) is 18.8 Å². The van der Waals surface area contributed by atoms with Gasteiger partial charge in [-0.1, -0.05) is 51.0 Å². The quantitative estimate of drug-likeness (QED) is 0.189. The van der Waals surface area contributed by atoms with Crippen molar-refractivity contribution in [3.63, 3.8) is 0 Å². The Balaban J connectivity index is 1.64. The van der Waals surface area contributed by atoms with Crippen LogP contribution in [-0.2, 0) is 19.0 Å². The van der Waals surface area contributed by atoms with E-state index in [1.54, 1.807) is 0 Å².